The molecule has 0 radical (unpaired) electrons. The second-order valence-corrected chi connectivity index (χ2v) is 15.1. The molecule has 2 unspecified atom stereocenters. The highest BCUT2D eigenvalue weighted by atomic mass is 32.2. The molecular formula is C31H25F5N2O5S2. The Bertz CT molecular complexity index is 1990. The first-order chi connectivity index (χ1) is 21.0. The first kappa shape index (κ1) is 32.3. The number of benzene rings is 4. The van der Waals surface area contributed by atoms with Gasteiger partial charge in [0.25, 0.3) is 0 Å². The molecule has 236 valence electrons. The summed E-state index contributed by atoms with van der Waals surface area (Å²) in [5, 5.41) is 9.45. The molecule has 1 aliphatic rings. The van der Waals surface area contributed by atoms with Gasteiger partial charge in [0.1, 0.15) is 34.1 Å². The third kappa shape index (κ3) is 6.51. The van der Waals surface area contributed by atoms with Crippen molar-refractivity contribution in [2.45, 2.75) is 60.3 Å². The molecule has 0 saturated carbocycles. The van der Waals surface area contributed by atoms with E-state index in [0.29, 0.717) is 5.39 Å². The van der Waals surface area contributed by atoms with Crippen LogP contribution in [0.1, 0.15) is 43.5 Å². The number of fused-ring (bicyclic) bond motifs is 2. The van der Waals surface area contributed by atoms with E-state index in [1.807, 2.05) is 0 Å². The second kappa shape index (κ2) is 11.7. The van der Waals surface area contributed by atoms with Crippen LogP contribution in [-0.4, -0.2) is 29.9 Å². The summed E-state index contributed by atoms with van der Waals surface area (Å²) in [5.74, 6) is -2.01. The number of nitriles is 1. The first-order valence-electron chi connectivity index (χ1n) is 13.4. The standard InChI is InChI=1S/C31H25F5N2O5S2/c1-30(2,3)44(39)38-28-23(33)15-22-24(42-20-13-17(16-37)12-19(32)14-20)10-11-26(27(22)28)45(40,41)29-21-7-5-4-6-18(21)8-9-25(29)43-31(34,35)36/h4-14,23,28,38H,15H2,1-3H3/t23?,28?,44-/m0/s1. The lowest BCUT2D eigenvalue weighted by Crippen LogP contribution is -2.38. The molecule has 0 bridgehead atoms. The highest BCUT2D eigenvalue weighted by Crippen LogP contribution is 2.47. The van der Waals surface area contributed by atoms with Crippen LogP contribution in [0, 0.1) is 17.1 Å². The average molecular weight is 665 g/mol. The van der Waals surface area contributed by atoms with Crippen molar-refractivity contribution in [2.24, 2.45) is 0 Å². The third-order valence-electron chi connectivity index (χ3n) is 6.99. The summed E-state index contributed by atoms with van der Waals surface area (Å²) in [7, 11) is -6.83. The van der Waals surface area contributed by atoms with Crippen LogP contribution >= 0.6 is 0 Å². The molecule has 4 aromatic rings. The van der Waals surface area contributed by atoms with E-state index in [1.54, 1.807) is 32.9 Å². The van der Waals surface area contributed by atoms with Crippen molar-refractivity contribution in [3.8, 4) is 23.3 Å². The SMILES string of the molecule is CC(C)(C)[S@](=O)NC1c2c(S(=O)(=O)c3c(OC(F)(F)F)ccc4ccccc34)ccc(Oc3cc(F)cc(C#N)c3)c2CC1F. The summed E-state index contributed by atoms with van der Waals surface area (Å²) in [6, 6.07) is 13.7. The summed E-state index contributed by atoms with van der Waals surface area (Å²) < 4.78 is 124. The molecule has 0 fully saturated rings. The third-order valence-corrected chi connectivity index (χ3v) is 10.5. The molecule has 7 nitrogen and oxygen atoms in total. The molecule has 1 N–H and O–H groups in total. The second-order valence-electron chi connectivity index (χ2n) is 11.2. The number of nitrogens with zero attached hydrogens (tertiary/aromatic N) is 1. The van der Waals surface area contributed by atoms with E-state index in [2.05, 4.69) is 9.46 Å². The van der Waals surface area contributed by atoms with Crippen molar-refractivity contribution in [3.63, 3.8) is 0 Å². The topological polar surface area (TPSA) is 105 Å². The Hall–Kier alpha value is -4.06. The van der Waals surface area contributed by atoms with E-state index in [0.717, 1.165) is 24.3 Å². The van der Waals surface area contributed by atoms with Gasteiger partial charge in [-0.05, 0) is 62.1 Å². The molecule has 0 amide bonds. The molecular weight excluding hydrogens is 639 g/mol. The number of hydrogen-bond donors (Lipinski definition) is 1. The van der Waals surface area contributed by atoms with Crippen LogP contribution in [-0.2, 0) is 27.2 Å². The quantitative estimate of drug-likeness (QED) is 0.207. The molecule has 4 aromatic carbocycles. The fourth-order valence-electron chi connectivity index (χ4n) is 5.05. The minimum Gasteiger partial charge on any atom is -0.457 e. The Labute approximate surface area is 258 Å². The van der Waals surface area contributed by atoms with Crippen LogP contribution in [0.4, 0.5) is 22.0 Å². The number of nitrogens with one attached hydrogen (secondary N) is 1. The van der Waals surface area contributed by atoms with Gasteiger partial charge >= 0.3 is 6.36 Å². The summed E-state index contributed by atoms with van der Waals surface area (Å²) in [6.45, 7) is 4.85. The molecule has 45 heavy (non-hydrogen) atoms. The molecule has 1 aliphatic carbocycles. The van der Waals surface area contributed by atoms with Gasteiger partial charge in [-0.15, -0.1) is 13.2 Å². The van der Waals surface area contributed by atoms with Crippen molar-refractivity contribution in [2.75, 3.05) is 0 Å². The maximum Gasteiger partial charge on any atom is 0.573 e. The first-order valence-corrected chi connectivity index (χ1v) is 16.0. The normalized spacial score (nSPS) is 17.5. The molecule has 3 atom stereocenters. The van der Waals surface area contributed by atoms with Gasteiger partial charge in [0.05, 0.1) is 38.3 Å². The number of ether oxygens (including phenoxy) is 2. The van der Waals surface area contributed by atoms with E-state index in [4.69, 9.17) is 4.74 Å². The van der Waals surface area contributed by atoms with Crippen molar-refractivity contribution in [1.29, 1.82) is 5.26 Å². The Balaban J connectivity index is 1.76. The van der Waals surface area contributed by atoms with Crippen molar-refractivity contribution in [1.82, 2.24) is 4.72 Å². The van der Waals surface area contributed by atoms with E-state index in [9.17, 15) is 35.5 Å². The molecule has 0 aliphatic heterocycles. The van der Waals surface area contributed by atoms with Gasteiger partial charge in [0.15, 0.2) is 0 Å². The van der Waals surface area contributed by atoms with Gasteiger partial charge in [-0.3, -0.25) is 0 Å². The predicted molar refractivity (Wildman–Crippen MR) is 156 cm³/mol. The zero-order valence-electron chi connectivity index (χ0n) is 23.9. The van der Waals surface area contributed by atoms with Gasteiger partial charge in [0.2, 0.25) is 9.84 Å². The Morgan fingerprint density at radius 1 is 1.00 bits per heavy atom. The van der Waals surface area contributed by atoms with Gasteiger partial charge in [-0.1, -0.05) is 30.3 Å². The highest BCUT2D eigenvalue weighted by molar-refractivity contribution is 7.92. The van der Waals surface area contributed by atoms with E-state index in [1.165, 1.54) is 36.4 Å². The van der Waals surface area contributed by atoms with Crippen LogP contribution in [0.5, 0.6) is 17.2 Å². The molecule has 5 rings (SSSR count). The number of rotatable bonds is 7. The maximum atomic E-state index is 15.8. The minimum atomic E-state index is -5.24. The van der Waals surface area contributed by atoms with Gasteiger partial charge in [-0.2, -0.15) is 5.26 Å². The van der Waals surface area contributed by atoms with Gasteiger partial charge in [0, 0.05) is 23.4 Å². The Morgan fingerprint density at radius 2 is 1.69 bits per heavy atom. The molecule has 0 saturated heterocycles. The summed E-state index contributed by atoms with van der Waals surface area (Å²) in [4.78, 5) is -1.36. The molecule has 0 spiro atoms. The fourth-order valence-corrected chi connectivity index (χ4v) is 7.76. The lowest BCUT2D eigenvalue weighted by atomic mass is 10.1. The number of hydrogen-bond acceptors (Lipinski definition) is 6. The Kier molecular flexibility index (Phi) is 8.41. The number of halogens is 5. The van der Waals surface area contributed by atoms with Crippen molar-refractivity contribution >= 4 is 31.6 Å². The van der Waals surface area contributed by atoms with E-state index in [-0.39, 0.29) is 33.6 Å². The van der Waals surface area contributed by atoms with E-state index >= 15 is 4.39 Å². The highest BCUT2D eigenvalue weighted by Gasteiger charge is 2.43. The minimum absolute atomic E-state index is 0.00767. The van der Waals surface area contributed by atoms with Crippen LogP contribution < -0.4 is 14.2 Å². The van der Waals surface area contributed by atoms with Crippen LogP contribution in [0.25, 0.3) is 10.8 Å². The lowest BCUT2D eigenvalue weighted by molar-refractivity contribution is -0.275. The summed E-state index contributed by atoms with van der Waals surface area (Å²) >= 11 is 0. The van der Waals surface area contributed by atoms with Gasteiger partial charge < -0.3 is 9.47 Å². The average Bonchev–Trinajstić information content (AvgIpc) is 3.26. The van der Waals surface area contributed by atoms with Crippen molar-refractivity contribution < 1.29 is 44.1 Å². The molecule has 0 heterocycles. The van der Waals surface area contributed by atoms with E-state index < -0.39 is 71.9 Å². The summed E-state index contributed by atoms with van der Waals surface area (Å²) in [5.41, 5.74) is -0.272. The number of sulfone groups is 1. The predicted octanol–water partition coefficient (Wildman–Crippen LogP) is 7.36. The van der Waals surface area contributed by atoms with Crippen LogP contribution in [0.15, 0.2) is 76.5 Å². The largest absolute Gasteiger partial charge is 0.573 e. The number of alkyl halides is 4. The molecule has 14 heteroatoms. The maximum absolute atomic E-state index is 15.8. The zero-order chi connectivity index (χ0) is 32.9. The van der Waals surface area contributed by atoms with Crippen molar-refractivity contribution in [3.05, 3.63) is 89.2 Å². The molecule has 0 aromatic heterocycles. The summed E-state index contributed by atoms with van der Waals surface area (Å²) in [6.07, 6.45) is -7.52. The fraction of sp³-hybridized carbons (Fsp3) is 0.258. The van der Waals surface area contributed by atoms with Crippen LogP contribution in [0.3, 0.4) is 0 Å². The smallest absolute Gasteiger partial charge is 0.457 e. The zero-order valence-corrected chi connectivity index (χ0v) is 25.5. The monoisotopic (exact) mass is 664 g/mol. The van der Waals surface area contributed by atoms with Crippen LogP contribution in [0.2, 0.25) is 0 Å². The Morgan fingerprint density at radius 3 is 2.36 bits per heavy atom. The van der Waals surface area contributed by atoms with Gasteiger partial charge in [-0.25, -0.2) is 26.1 Å². The lowest BCUT2D eigenvalue weighted by Gasteiger charge is -2.25.